The van der Waals surface area contributed by atoms with E-state index in [2.05, 4.69) is 10.6 Å². The first-order valence-electron chi connectivity index (χ1n) is 29.9. The number of aliphatic hydroxyl groups excluding tert-OH is 22. The summed E-state index contributed by atoms with van der Waals surface area (Å²) in [5.74, 6) is -1.90. The molecule has 8 saturated heterocycles. The summed E-state index contributed by atoms with van der Waals surface area (Å²) in [5, 5.41) is 245. The van der Waals surface area contributed by atoms with Gasteiger partial charge in [-0.05, 0) is 13.8 Å². The number of amides is 2. The lowest BCUT2D eigenvalue weighted by molar-refractivity contribution is -0.401. The van der Waals surface area contributed by atoms with Crippen LogP contribution in [0.5, 0.6) is 0 Å². The van der Waals surface area contributed by atoms with Crippen molar-refractivity contribution in [3.05, 3.63) is 0 Å². The summed E-state index contributed by atoms with van der Waals surface area (Å²) < 4.78 is 88.3. The fourth-order valence-corrected chi connectivity index (χ4v) is 12.1. The van der Waals surface area contributed by atoms with Crippen LogP contribution in [0.3, 0.4) is 0 Å². The van der Waals surface area contributed by atoms with Crippen molar-refractivity contribution < 1.29 is 193 Å². The van der Waals surface area contributed by atoms with Gasteiger partial charge >= 0.3 is 0 Å². The normalized spacial score (nSPS) is 51.6. The molecule has 0 aromatic heterocycles. The molecule has 8 fully saturated rings. The van der Waals surface area contributed by atoms with E-state index < -0.39 is 297 Å². The highest BCUT2D eigenvalue weighted by molar-refractivity contribution is 5.73. The molecule has 8 heterocycles. The second-order valence-electron chi connectivity index (χ2n) is 23.8. The van der Waals surface area contributed by atoms with Crippen molar-refractivity contribution in [1.29, 1.82) is 0 Å². The highest BCUT2D eigenvalue weighted by atomic mass is 16.8. The van der Waals surface area contributed by atoms with Gasteiger partial charge in [0.1, 0.15) is 183 Å². The zero-order valence-corrected chi connectivity index (χ0v) is 50.1. The largest absolute Gasteiger partial charge is 0.394 e. The van der Waals surface area contributed by atoms with E-state index in [1.54, 1.807) is 0 Å². The van der Waals surface area contributed by atoms with Crippen molar-refractivity contribution in [2.45, 2.75) is 273 Å². The van der Waals surface area contributed by atoms with Crippen molar-refractivity contribution in [1.82, 2.24) is 10.6 Å². The molecule has 40 atom stereocenters. The van der Waals surface area contributed by atoms with Gasteiger partial charge in [0.15, 0.2) is 50.3 Å². The SMILES string of the molecule is CC(=O)N[C@H]1[C@H](O[C@H]2[C@@H](O)[C@@H](CO)O[C@@H](O[C@H]3[C@H](O)[C@@H](CO)O[C@@H](O[C@H]4[C@@H](O)[C@@H](CO)O[C@@H](O[C@H]5[C@H](O)[C@@H](O)[C@H](O)O[C@@H]5CO)[C@@H]4O)[C@@H]3NC(C)=O)[C@@H]2O)O[C@H](CO)[C@@H](O[C@@H]2O[C@H](CO)[C@H](O)[C@H](O)[C@H]2O[C@@H]2O[C@@H](C)[C@@H](O)[C@@H](O)[C@@H]2O)[C@@H]1O[C@@H]1O[C@@H](C)[C@@H](O)[C@@H](O)[C@@H]1O. The van der Waals surface area contributed by atoms with Crippen molar-refractivity contribution in [2.75, 3.05) is 39.6 Å². The quantitative estimate of drug-likeness (QED) is 0.0479. The molecule has 0 radical (unpaired) electrons. The minimum Gasteiger partial charge on any atom is -0.394 e. The molecule has 0 bridgehead atoms. The molecule has 41 heteroatoms. The van der Waals surface area contributed by atoms with Crippen molar-refractivity contribution in [3.63, 3.8) is 0 Å². The number of hydrogen-bond acceptors (Lipinski definition) is 39. The van der Waals surface area contributed by atoms with Crippen molar-refractivity contribution in [3.8, 4) is 0 Å². The van der Waals surface area contributed by atoms with Crippen LogP contribution in [0, 0.1) is 0 Å². The first kappa shape index (κ1) is 76.2. The van der Waals surface area contributed by atoms with Gasteiger partial charge in [-0.1, -0.05) is 0 Å². The second kappa shape index (κ2) is 32.6. The number of rotatable bonds is 22. The van der Waals surface area contributed by atoms with Crippen LogP contribution < -0.4 is 10.6 Å². The molecule has 93 heavy (non-hydrogen) atoms. The molecule has 41 nitrogen and oxygen atoms in total. The molecule has 0 unspecified atom stereocenters. The van der Waals surface area contributed by atoms with E-state index in [9.17, 15) is 122 Å². The number of hydrogen-bond donors (Lipinski definition) is 24. The molecule has 0 aliphatic carbocycles. The van der Waals surface area contributed by atoms with Gasteiger partial charge in [-0.2, -0.15) is 0 Å². The van der Waals surface area contributed by atoms with E-state index in [1.165, 1.54) is 13.8 Å². The Labute approximate surface area is 527 Å². The lowest BCUT2D eigenvalue weighted by atomic mass is 9.93. The average molecular weight is 1370 g/mol. The zero-order valence-electron chi connectivity index (χ0n) is 50.1. The van der Waals surface area contributed by atoms with E-state index in [-0.39, 0.29) is 0 Å². The Morgan fingerprint density at radius 2 is 0.591 bits per heavy atom. The van der Waals surface area contributed by atoms with Gasteiger partial charge in [0.05, 0.1) is 51.8 Å². The molecule has 2 amide bonds. The summed E-state index contributed by atoms with van der Waals surface area (Å²) in [4.78, 5) is 26.4. The third kappa shape index (κ3) is 16.2. The van der Waals surface area contributed by atoms with Gasteiger partial charge in [0, 0.05) is 13.8 Å². The molecule has 8 aliphatic heterocycles. The van der Waals surface area contributed by atoms with Crippen LogP contribution >= 0.6 is 0 Å². The Bertz CT molecular complexity index is 2350. The minimum absolute atomic E-state index is 0.936. The fourth-order valence-electron chi connectivity index (χ4n) is 12.1. The molecule has 0 aromatic rings. The van der Waals surface area contributed by atoms with Gasteiger partial charge in [-0.15, -0.1) is 0 Å². The number of carbonyl (C=O) groups is 2. The fraction of sp³-hybridized carbons (Fsp3) is 0.962. The van der Waals surface area contributed by atoms with Crippen LogP contribution in [0.1, 0.15) is 27.7 Å². The number of nitrogens with one attached hydrogen (secondary N) is 2. The average Bonchev–Trinajstić information content (AvgIpc) is 0.769. The molecule has 8 rings (SSSR count). The van der Waals surface area contributed by atoms with Gasteiger partial charge in [0.25, 0.3) is 0 Å². The highest BCUT2D eigenvalue weighted by Gasteiger charge is 2.61. The molecule has 0 saturated carbocycles. The van der Waals surface area contributed by atoms with Crippen molar-refractivity contribution >= 4 is 11.8 Å². The predicted octanol–water partition coefficient (Wildman–Crippen LogP) is -16.1. The van der Waals surface area contributed by atoms with Crippen LogP contribution in [0.4, 0.5) is 0 Å². The number of carbonyl (C=O) groups excluding carboxylic acids is 2. The summed E-state index contributed by atoms with van der Waals surface area (Å²) in [6.07, 6.45) is -75.0. The molecule has 0 spiro atoms. The zero-order chi connectivity index (χ0) is 68.5. The van der Waals surface area contributed by atoms with E-state index in [0.717, 1.165) is 13.8 Å². The third-order valence-corrected chi connectivity index (χ3v) is 17.4. The molecule has 24 N–H and O–H groups in total. The Morgan fingerprint density at radius 3 is 1.03 bits per heavy atom. The second-order valence-corrected chi connectivity index (χ2v) is 23.8. The smallest absolute Gasteiger partial charge is 0.217 e. The van der Waals surface area contributed by atoms with Crippen LogP contribution in [0.25, 0.3) is 0 Å². The lowest BCUT2D eigenvalue weighted by Crippen LogP contribution is -2.72. The standard InChI is InChI=1S/C52H88N2O39/c1-11-23(63)29(69)34(74)48(79-11)90-41-22(54-14(4)62)47(86-20(10-60)39(41)88-52-44(31(71)25(65)15(5-55)85-52)93-49-35(75)30(70)24(64)12(2)80-49)92-43-28(68)18(8-58)84-51(37(43)77)89-40-21(53-13(3)61)46(82-16(6-56)26(40)66)91-42-27(67)17(7-57)83-50(36(42)76)87-38-19(9-59)81-45(78)33(73)32(38)72/h11-12,15-52,55-60,63-78H,5-10H2,1-4H3,(H,53,61)(H,54,62)/t11-,12-,15+,16+,17+,18+,19+,20+,21+,22+,23+,24+,25-,26+,27-,28-,29+,30+,31-,32+,33+,34-,35-,36+,37+,38+,39+,40+,41+,42-,43-,44+,45+,46-,47-,48-,49-,50-,51-,52-/m0/s1. The maximum absolute atomic E-state index is 13.4. The van der Waals surface area contributed by atoms with E-state index in [4.69, 9.17) is 71.1 Å². The van der Waals surface area contributed by atoms with Gasteiger partial charge in [0.2, 0.25) is 11.8 Å². The Morgan fingerprint density at radius 1 is 0.280 bits per heavy atom. The van der Waals surface area contributed by atoms with Gasteiger partial charge in [-0.3, -0.25) is 9.59 Å². The number of aliphatic hydroxyl groups is 22. The minimum atomic E-state index is -2.41. The third-order valence-electron chi connectivity index (χ3n) is 17.4. The van der Waals surface area contributed by atoms with Crippen LogP contribution in [-0.2, 0) is 80.6 Å². The summed E-state index contributed by atoms with van der Waals surface area (Å²) in [7, 11) is 0. The Balaban J connectivity index is 1.11. The van der Waals surface area contributed by atoms with Crippen LogP contribution in [0.15, 0.2) is 0 Å². The topological polar surface area (TPSA) is 642 Å². The molecular weight excluding hydrogens is 1280 g/mol. The lowest BCUT2D eigenvalue weighted by Gasteiger charge is -2.52. The van der Waals surface area contributed by atoms with Gasteiger partial charge in [-0.25, -0.2) is 0 Å². The predicted molar refractivity (Wildman–Crippen MR) is 285 cm³/mol. The summed E-state index contributed by atoms with van der Waals surface area (Å²) in [5.41, 5.74) is 0. The number of ether oxygens (including phenoxy) is 15. The maximum atomic E-state index is 13.4. The summed E-state index contributed by atoms with van der Waals surface area (Å²) in [6.45, 7) is -1.99. The molecule has 540 valence electrons. The molecule has 0 aromatic carbocycles. The van der Waals surface area contributed by atoms with E-state index in [0.29, 0.717) is 0 Å². The highest BCUT2D eigenvalue weighted by Crippen LogP contribution is 2.40. The maximum Gasteiger partial charge on any atom is 0.217 e. The Hall–Kier alpha value is -2.54. The first-order valence-corrected chi connectivity index (χ1v) is 29.9. The van der Waals surface area contributed by atoms with Crippen molar-refractivity contribution in [2.24, 2.45) is 0 Å². The first-order chi connectivity index (χ1) is 43.9. The monoisotopic (exact) mass is 1360 g/mol. The Kier molecular flexibility index (Phi) is 26.7. The summed E-state index contributed by atoms with van der Waals surface area (Å²) >= 11 is 0. The van der Waals surface area contributed by atoms with Crippen LogP contribution in [-0.4, -0.2) is 409 Å². The van der Waals surface area contributed by atoms with Gasteiger partial charge < -0.3 is 194 Å². The van der Waals surface area contributed by atoms with Crippen LogP contribution in [0.2, 0.25) is 0 Å². The van der Waals surface area contributed by atoms with E-state index >= 15 is 0 Å². The van der Waals surface area contributed by atoms with E-state index in [1.807, 2.05) is 0 Å². The summed E-state index contributed by atoms with van der Waals surface area (Å²) in [6, 6.07) is -3.88. The molecule has 8 aliphatic rings. The molecular formula is C52H88N2O39.